The van der Waals surface area contributed by atoms with E-state index in [1.165, 1.54) is 18.3 Å². The third-order valence-corrected chi connectivity index (χ3v) is 4.22. The standard InChI is InChI=1S/C19H16ClFN4O2/c20-12-5-3-4-11(8-12)16(9-17(22)26)24-19(27)14-10-23-25-18(14)13-6-1-2-7-15(13)21/h1-8,10,16H,9H2,(H2,22,26)(H,23,25)(H,24,27)/t16-/m0/s1. The molecule has 0 aliphatic carbocycles. The van der Waals surface area contributed by atoms with Crippen molar-refractivity contribution in [2.24, 2.45) is 5.73 Å². The normalized spacial score (nSPS) is 11.8. The van der Waals surface area contributed by atoms with Gasteiger partial charge in [0.15, 0.2) is 0 Å². The molecule has 1 aromatic heterocycles. The lowest BCUT2D eigenvalue weighted by molar-refractivity contribution is -0.118. The molecule has 2 amide bonds. The maximum Gasteiger partial charge on any atom is 0.255 e. The van der Waals surface area contributed by atoms with E-state index >= 15 is 0 Å². The molecule has 3 rings (SSSR count). The first-order valence-corrected chi connectivity index (χ1v) is 8.46. The monoisotopic (exact) mass is 386 g/mol. The van der Waals surface area contributed by atoms with Crippen LogP contribution in [-0.2, 0) is 4.79 Å². The van der Waals surface area contributed by atoms with Gasteiger partial charge in [0.25, 0.3) is 5.91 Å². The maximum absolute atomic E-state index is 14.1. The van der Waals surface area contributed by atoms with E-state index in [9.17, 15) is 14.0 Å². The highest BCUT2D eigenvalue weighted by Crippen LogP contribution is 2.26. The Balaban J connectivity index is 1.90. The maximum atomic E-state index is 14.1. The average molecular weight is 387 g/mol. The number of amides is 2. The molecule has 0 saturated carbocycles. The highest BCUT2D eigenvalue weighted by molar-refractivity contribution is 6.30. The van der Waals surface area contributed by atoms with Crippen molar-refractivity contribution >= 4 is 23.4 Å². The third-order valence-electron chi connectivity index (χ3n) is 3.99. The van der Waals surface area contributed by atoms with E-state index in [4.69, 9.17) is 17.3 Å². The molecule has 8 heteroatoms. The molecule has 0 radical (unpaired) electrons. The number of nitrogens with zero attached hydrogens (tertiary/aromatic N) is 1. The van der Waals surface area contributed by atoms with Crippen LogP contribution in [0, 0.1) is 5.82 Å². The molecule has 3 aromatic rings. The fourth-order valence-electron chi connectivity index (χ4n) is 2.74. The molecule has 0 fully saturated rings. The van der Waals surface area contributed by atoms with Crippen LogP contribution in [0.15, 0.2) is 54.7 Å². The SMILES string of the molecule is NC(=O)C[C@H](NC(=O)c1cn[nH]c1-c1ccccc1F)c1cccc(Cl)c1. The first kappa shape index (κ1) is 18.6. The van der Waals surface area contributed by atoms with Crippen LogP contribution in [0.4, 0.5) is 4.39 Å². The molecule has 0 saturated heterocycles. The van der Waals surface area contributed by atoms with Crippen molar-refractivity contribution in [3.8, 4) is 11.3 Å². The first-order valence-electron chi connectivity index (χ1n) is 8.08. The molecule has 0 aliphatic rings. The van der Waals surface area contributed by atoms with Gasteiger partial charge in [0, 0.05) is 10.6 Å². The van der Waals surface area contributed by atoms with E-state index in [-0.39, 0.29) is 23.2 Å². The molecule has 138 valence electrons. The molecule has 0 aliphatic heterocycles. The number of primary amides is 1. The number of hydrogen-bond acceptors (Lipinski definition) is 3. The van der Waals surface area contributed by atoms with Crippen LogP contribution < -0.4 is 11.1 Å². The lowest BCUT2D eigenvalue weighted by Crippen LogP contribution is -2.32. The summed E-state index contributed by atoms with van der Waals surface area (Å²) in [5.41, 5.74) is 6.55. The molecule has 27 heavy (non-hydrogen) atoms. The van der Waals surface area contributed by atoms with Gasteiger partial charge in [-0.05, 0) is 29.8 Å². The van der Waals surface area contributed by atoms with E-state index in [1.54, 1.807) is 36.4 Å². The quantitative estimate of drug-likeness (QED) is 0.606. The Bertz CT molecular complexity index is 989. The summed E-state index contributed by atoms with van der Waals surface area (Å²) in [4.78, 5) is 24.2. The van der Waals surface area contributed by atoms with E-state index in [0.717, 1.165) is 0 Å². The van der Waals surface area contributed by atoms with Gasteiger partial charge in [0.2, 0.25) is 5.91 Å². The summed E-state index contributed by atoms with van der Waals surface area (Å²) in [6.45, 7) is 0. The zero-order valence-corrected chi connectivity index (χ0v) is 14.8. The van der Waals surface area contributed by atoms with E-state index < -0.39 is 23.7 Å². The van der Waals surface area contributed by atoms with Gasteiger partial charge >= 0.3 is 0 Å². The zero-order valence-electron chi connectivity index (χ0n) is 14.1. The second-order valence-electron chi connectivity index (χ2n) is 5.89. The molecular weight excluding hydrogens is 371 g/mol. The Hall–Kier alpha value is -3.19. The fraction of sp³-hybridized carbons (Fsp3) is 0.105. The molecule has 0 spiro atoms. The number of carbonyl (C=O) groups is 2. The van der Waals surface area contributed by atoms with Gasteiger partial charge in [-0.25, -0.2) is 4.39 Å². The summed E-state index contributed by atoms with van der Waals surface area (Å²) in [6.07, 6.45) is 1.19. The second-order valence-corrected chi connectivity index (χ2v) is 6.33. The van der Waals surface area contributed by atoms with Gasteiger partial charge in [-0.3, -0.25) is 14.7 Å². The van der Waals surface area contributed by atoms with Crippen molar-refractivity contribution in [1.82, 2.24) is 15.5 Å². The topological polar surface area (TPSA) is 101 Å². The van der Waals surface area contributed by atoms with Crippen molar-refractivity contribution in [3.05, 3.63) is 76.7 Å². The number of halogens is 2. The van der Waals surface area contributed by atoms with Gasteiger partial charge in [0.1, 0.15) is 5.82 Å². The van der Waals surface area contributed by atoms with E-state index in [2.05, 4.69) is 15.5 Å². The van der Waals surface area contributed by atoms with Crippen LogP contribution in [0.25, 0.3) is 11.3 Å². The number of hydrogen-bond donors (Lipinski definition) is 3. The van der Waals surface area contributed by atoms with Gasteiger partial charge < -0.3 is 11.1 Å². The highest BCUT2D eigenvalue weighted by Gasteiger charge is 2.22. The number of aromatic nitrogens is 2. The first-order chi connectivity index (χ1) is 13.0. The molecule has 0 unspecified atom stereocenters. The minimum absolute atomic E-state index is 0.112. The highest BCUT2D eigenvalue weighted by atomic mass is 35.5. The molecule has 2 aromatic carbocycles. The number of rotatable bonds is 6. The molecule has 6 nitrogen and oxygen atoms in total. The van der Waals surface area contributed by atoms with Gasteiger partial charge in [-0.1, -0.05) is 35.9 Å². The number of carbonyl (C=O) groups excluding carboxylic acids is 2. The number of H-pyrrole nitrogens is 1. The van der Waals surface area contributed by atoms with Crippen molar-refractivity contribution in [1.29, 1.82) is 0 Å². The molecule has 1 atom stereocenters. The summed E-state index contributed by atoms with van der Waals surface area (Å²) in [7, 11) is 0. The Morgan fingerprint density at radius 2 is 2.00 bits per heavy atom. The summed E-state index contributed by atoms with van der Waals surface area (Å²) in [5, 5.41) is 9.70. The number of nitrogens with one attached hydrogen (secondary N) is 2. The number of benzene rings is 2. The van der Waals surface area contributed by atoms with Crippen LogP contribution in [0.5, 0.6) is 0 Å². The van der Waals surface area contributed by atoms with Crippen LogP contribution in [0.3, 0.4) is 0 Å². The third kappa shape index (κ3) is 4.32. The van der Waals surface area contributed by atoms with Gasteiger partial charge in [-0.15, -0.1) is 0 Å². The molecular formula is C19H16ClFN4O2. The van der Waals surface area contributed by atoms with Crippen molar-refractivity contribution in [2.45, 2.75) is 12.5 Å². The minimum Gasteiger partial charge on any atom is -0.370 e. The predicted octanol–water partition coefficient (Wildman–Crippen LogP) is 3.22. The summed E-state index contributed by atoms with van der Waals surface area (Å²) >= 11 is 6.00. The zero-order chi connectivity index (χ0) is 19.4. The smallest absolute Gasteiger partial charge is 0.255 e. The Kier molecular flexibility index (Phi) is 5.52. The van der Waals surface area contributed by atoms with Crippen LogP contribution in [0.1, 0.15) is 28.4 Å². The van der Waals surface area contributed by atoms with Gasteiger partial charge in [-0.2, -0.15) is 5.10 Å². The van der Waals surface area contributed by atoms with E-state index in [0.29, 0.717) is 10.6 Å². The Labute approximate surface area is 159 Å². The average Bonchev–Trinajstić information content (AvgIpc) is 3.11. The lowest BCUT2D eigenvalue weighted by atomic mass is 10.0. The van der Waals surface area contributed by atoms with E-state index in [1.807, 2.05) is 0 Å². The van der Waals surface area contributed by atoms with Crippen LogP contribution in [0.2, 0.25) is 5.02 Å². The Morgan fingerprint density at radius 1 is 1.22 bits per heavy atom. The Morgan fingerprint density at radius 3 is 2.70 bits per heavy atom. The molecule has 0 bridgehead atoms. The largest absolute Gasteiger partial charge is 0.370 e. The second kappa shape index (κ2) is 8.01. The minimum atomic E-state index is -0.683. The van der Waals surface area contributed by atoms with Crippen molar-refractivity contribution < 1.29 is 14.0 Å². The summed E-state index contributed by atoms with van der Waals surface area (Å²) in [5.74, 6) is -1.59. The van der Waals surface area contributed by atoms with Crippen molar-refractivity contribution in [3.63, 3.8) is 0 Å². The predicted molar refractivity (Wildman–Crippen MR) is 99.5 cm³/mol. The lowest BCUT2D eigenvalue weighted by Gasteiger charge is -2.18. The molecule has 1 heterocycles. The summed E-state index contributed by atoms with van der Waals surface area (Å²) in [6, 6.07) is 12.1. The summed E-state index contributed by atoms with van der Waals surface area (Å²) < 4.78 is 14.1. The molecule has 4 N–H and O–H groups in total. The van der Waals surface area contributed by atoms with Gasteiger partial charge in [0.05, 0.1) is 29.9 Å². The number of aromatic amines is 1. The number of nitrogens with two attached hydrogens (primary N) is 1. The van der Waals surface area contributed by atoms with Crippen molar-refractivity contribution in [2.75, 3.05) is 0 Å². The van der Waals surface area contributed by atoms with Crippen LogP contribution >= 0.6 is 11.6 Å². The van der Waals surface area contributed by atoms with Crippen LogP contribution in [-0.4, -0.2) is 22.0 Å². The fourth-order valence-corrected chi connectivity index (χ4v) is 2.94.